The van der Waals surface area contributed by atoms with Crippen molar-refractivity contribution in [1.29, 1.82) is 0 Å². The van der Waals surface area contributed by atoms with Crippen molar-refractivity contribution in [3.63, 3.8) is 0 Å². The van der Waals surface area contributed by atoms with Crippen molar-refractivity contribution in [3.8, 4) is 0 Å². The lowest BCUT2D eigenvalue weighted by molar-refractivity contribution is -0.144. The third-order valence-corrected chi connectivity index (χ3v) is 5.05. The van der Waals surface area contributed by atoms with Crippen LogP contribution in [0.2, 0.25) is 0 Å². The number of carboxylic acid groups (broad SMARTS) is 1. The number of aliphatic carboxylic acids is 1. The van der Waals surface area contributed by atoms with Crippen LogP contribution in [0.15, 0.2) is 0 Å². The van der Waals surface area contributed by atoms with E-state index in [2.05, 4.69) is 5.32 Å². The molecule has 0 aromatic rings. The largest absolute Gasteiger partial charge is 0.479 e. The molecule has 0 radical (unpaired) electrons. The topological polar surface area (TPSA) is 78.9 Å². The molecule has 0 aromatic carbocycles. The summed E-state index contributed by atoms with van der Waals surface area (Å²) in [4.78, 5) is 25.8. The second-order valence-electron chi connectivity index (χ2n) is 6.21. The van der Waals surface area contributed by atoms with E-state index >= 15 is 0 Å². The van der Waals surface area contributed by atoms with Crippen molar-refractivity contribution in [1.82, 2.24) is 10.2 Å². The van der Waals surface area contributed by atoms with E-state index in [4.69, 9.17) is 4.74 Å². The van der Waals surface area contributed by atoms with E-state index in [0.717, 1.165) is 25.8 Å². The number of likely N-dealkylation sites (tertiary alicyclic amines) is 1. The molecule has 2 N–H and O–H groups in total. The number of hydrogen-bond donors (Lipinski definition) is 2. The zero-order valence-corrected chi connectivity index (χ0v) is 11.6. The van der Waals surface area contributed by atoms with Gasteiger partial charge in [-0.05, 0) is 25.2 Å². The average Bonchev–Trinajstić information content (AvgIpc) is 3.05. The van der Waals surface area contributed by atoms with E-state index in [1.165, 1.54) is 12.8 Å². The Kier molecular flexibility index (Phi) is 3.58. The zero-order valence-electron chi connectivity index (χ0n) is 11.6. The standard InChI is InChI=1S/C14H22N2O4/c17-12(18)14(6-8-20-9-14)15-13(19)16-7-5-10-3-1-2-4-11(10)16/h10-11H,1-9H2,(H,15,19)(H,17,18). The summed E-state index contributed by atoms with van der Waals surface area (Å²) in [6, 6.07) is 0.0733. The van der Waals surface area contributed by atoms with Crippen LogP contribution in [0.5, 0.6) is 0 Å². The SMILES string of the molecule is O=C(NC1(C(=O)O)CCOC1)N1CCC2CCCCC21. The summed E-state index contributed by atoms with van der Waals surface area (Å²) in [6.45, 7) is 1.20. The number of nitrogens with zero attached hydrogens (tertiary/aromatic N) is 1. The maximum atomic E-state index is 12.5. The Morgan fingerprint density at radius 3 is 2.75 bits per heavy atom. The van der Waals surface area contributed by atoms with Crippen LogP contribution in [0.3, 0.4) is 0 Å². The maximum absolute atomic E-state index is 12.5. The number of fused-ring (bicyclic) bond motifs is 1. The number of ether oxygens (including phenoxy) is 1. The Morgan fingerprint density at radius 2 is 2.05 bits per heavy atom. The molecule has 1 aliphatic carbocycles. The van der Waals surface area contributed by atoms with Crippen molar-refractivity contribution in [2.24, 2.45) is 5.92 Å². The normalized spacial score (nSPS) is 36.7. The number of rotatable bonds is 2. The fraction of sp³-hybridized carbons (Fsp3) is 0.857. The fourth-order valence-corrected chi connectivity index (χ4v) is 3.82. The molecule has 20 heavy (non-hydrogen) atoms. The highest BCUT2D eigenvalue weighted by Crippen LogP contribution is 2.36. The summed E-state index contributed by atoms with van der Waals surface area (Å²) >= 11 is 0. The van der Waals surface area contributed by atoms with Gasteiger partial charge in [0.1, 0.15) is 0 Å². The fourth-order valence-electron chi connectivity index (χ4n) is 3.82. The minimum atomic E-state index is -1.23. The number of carbonyl (C=O) groups excluding carboxylic acids is 1. The van der Waals surface area contributed by atoms with Crippen LogP contribution in [-0.2, 0) is 9.53 Å². The average molecular weight is 282 g/mol. The maximum Gasteiger partial charge on any atom is 0.332 e. The van der Waals surface area contributed by atoms with E-state index in [1.54, 1.807) is 0 Å². The van der Waals surface area contributed by atoms with Gasteiger partial charge in [-0.15, -0.1) is 0 Å². The molecule has 112 valence electrons. The minimum Gasteiger partial charge on any atom is -0.479 e. The second-order valence-corrected chi connectivity index (χ2v) is 6.21. The smallest absolute Gasteiger partial charge is 0.332 e. The van der Waals surface area contributed by atoms with E-state index in [9.17, 15) is 14.7 Å². The Hall–Kier alpha value is -1.30. The molecule has 3 rings (SSSR count). The molecule has 2 aliphatic heterocycles. The minimum absolute atomic E-state index is 0.0655. The first-order valence-electron chi connectivity index (χ1n) is 7.52. The molecule has 6 nitrogen and oxygen atoms in total. The summed E-state index contributed by atoms with van der Waals surface area (Å²) in [5.74, 6) is -0.391. The summed E-state index contributed by atoms with van der Waals surface area (Å²) in [7, 11) is 0. The molecular formula is C14H22N2O4. The van der Waals surface area contributed by atoms with Gasteiger partial charge in [0.2, 0.25) is 0 Å². The molecule has 1 saturated carbocycles. The third kappa shape index (κ3) is 2.26. The Morgan fingerprint density at radius 1 is 1.25 bits per heavy atom. The van der Waals surface area contributed by atoms with Gasteiger partial charge >= 0.3 is 12.0 Å². The number of nitrogens with one attached hydrogen (secondary N) is 1. The predicted octanol–water partition coefficient (Wildman–Crippen LogP) is 1.20. The van der Waals surface area contributed by atoms with Crippen molar-refractivity contribution in [2.75, 3.05) is 19.8 Å². The van der Waals surface area contributed by atoms with E-state index in [-0.39, 0.29) is 12.6 Å². The van der Waals surface area contributed by atoms with Gasteiger partial charge in [-0.3, -0.25) is 0 Å². The summed E-state index contributed by atoms with van der Waals surface area (Å²) in [5.41, 5.74) is -1.23. The number of amides is 2. The van der Waals surface area contributed by atoms with Crippen molar-refractivity contribution in [3.05, 3.63) is 0 Å². The van der Waals surface area contributed by atoms with Crippen LogP contribution in [0.25, 0.3) is 0 Å². The summed E-state index contributed by atoms with van der Waals surface area (Å²) in [6.07, 6.45) is 6.06. The number of urea groups is 1. The lowest BCUT2D eigenvalue weighted by Crippen LogP contribution is -2.59. The van der Waals surface area contributed by atoms with E-state index in [1.807, 2.05) is 4.90 Å². The lowest BCUT2D eigenvalue weighted by Gasteiger charge is -2.34. The predicted molar refractivity (Wildman–Crippen MR) is 71.4 cm³/mol. The molecule has 3 atom stereocenters. The van der Waals surface area contributed by atoms with Crippen LogP contribution in [0, 0.1) is 5.92 Å². The number of carboxylic acids is 1. The molecule has 2 heterocycles. The Bertz CT molecular complexity index is 406. The Balaban J connectivity index is 1.68. The quantitative estimate of drug-likeness (QED) is 0.798. The van der Waals surface area contributed by atoms with E-state index in [0.29, 0.717) is 25.0 Å². The van der Waals surface area contributed by atoms with Crippen LogP contribution in [0.4, 0.5) is 4.79 Å². The van der Waals surface area contributed by atoms with E-state index < -0.39 is 11.5 Å². The van der Waals surface area contributed by atoms with Gasteiger partial charge in [0.25, 0.3) is 0 Å². The first-order chi connectivity index (χ1) is 9.62. The summed E-state index contributed by atoms with van der Waals surface area (Å²) in [5, 5.41) is 12.1. The highest BCUT2D eigenvalue weighted by molar-refractivity contribution is 5.87. The molecular weight excluding hydrogens is 260 g/mol. The molecule has 3 unspecified atom stereocenters. The lowest BCUT2D eigenvalue weighted by atomic mass is 9.85. The van der Waals surface area contributed by atoms with Gasteiger partial charge in [-0.2, -0.15) is 0 Å². The van der Waals surface area contributed by atoms with Gasteiger partial charge < -0.3 is 20.1 Å². The van der Waals surface area contributed by atoms with Crippen LogP contribution in [0.1, 0.15) is 38.5 Å². The monoisotopic (exact) mass is 282 g/mol. The van der Waals surface area contributed by atoms with Crippen molar-refractivity contribution in [2.45, 2.75) is 50.1 Å². The number of carbonyl (C=O) groups is 2. The van der Waals surface area contributed by atoms with Crippen LogP contribution < -0.4 is 5.32 Å². The van der Waals surface area contributed by atoms with Gasteiger partial charge in [-0.1, -0.05) is 12.8 Å². The van der Waals surface area contributed by atoms with Gasteiger partial charge in [0, 0.05) is 25.6 Å². The third-order valence-electron chi connectivity index (χ3n) is 5.05. The van der Waals surface area contributed by atoms with Crippen LogP contribution >= 0.6 is 0 Å². The molecule has 0 bridgehead atoms. The van der Waals surface area contributed by atoms with Crippen molar-refractivity contribution < 1.29 is 19.4 Å². The second kappa shape index (κ2) is 5.24. The summed E-state index contributed by atoms with van der Waals surface area (Å²) < 4.78 is 5.18. The first-order valence-corrected chi connectivity index (χ1v) is 7.52. The molecule has 0 aromatic heterocycles. The molecule has 3 aliphatic rings. The first kappa shape index (κ1) is 13.7. The Labute approximate surface area is 118 Å². The zero-order chi connectivity index (χ0) is 14.2. The molecule has 2 saturated heterocycles. The molecule has 0 spiro atoms. The molecule has 6 heteroatoms. The molecule has 3 fully saturated rings. The molecule has 2 amide bonds. The highest BCUT2D eigenvalue weighted by atomic mass is 16.5. The number of hydrogen-bond acceptors (Lipinski definition) is 3. The van der Waals surface area contributed by atoms with Gasteiger partial charge in [0.05, 0.1) is 6.61 Å². The van der Waals surface area contributed by atoms with Crippen molar-refractivity contribution >= 4 is 12.0 Å². The van der Waals surface area contributed by atoms with Gasteiger partial charge in [0.15, 0.2) is 5.54 Å². The van der Waals surface area contributed by atoms with Gasteiger partial charge in [-0.25, -0.2) is 9.59 Å². The highest BCUT2D eigenvalue weighted by Gasteiger charge is 2.46. The van der Waals surface area contributed by atoms with Crippen LogP contribution in [-0.4, -0.2) is 53.3 Å².